The number of hydrogen-bond donors (Lipinski definition) is 1. The molecule has 0 aliphatic rings. The first kappa shape index (κ1) is 26.7. The van der Waals surface area contributed by atoms with Gasteiger partial charge in [-0.25, -0.2) is 4.98 Å². The van der Waals surface area contributed by atoms with Gasteiger partial charge < -0.3 is 14.6 Å². The van der Waals surface area contributed by atoms with Crippen LogP contribution in [0, 0.1) is 0 Å². The average Bonchev–Trinajstić information content (AvgIpc) is 3.26. The van der Waals surface area contributed by atoms with Gasteiger partial charge in [-0.3, -0.25) is 4.79 Å². The minimum atomic E-state index is -0.0302. The van der Waals surface area contributed by atoms with Crippen molar-refractivity contribution in [1.29, 1.82) is 0 Å². The Labute approximate surface area is 227 Å². The Kier molecular flexibility index (Phi) is 9.95. The van der Waals surface area contributed by atoms with Gasteiger partial charge in [-0.1, -0.05) is 64.8 Å². The summed E-state index contributed by atoms with van der Waals surface area (Å²) in [6.07, 6.45) is 7.53. The molecule has 3 aromatic carbocycles. The normalized spacial score (nSPS) is 10.9. The topological polar surface area (TPSA) is 56.1 Å². The number of nitrogens with zero attached hydrogens (tertiary/aromatic N) is 2. The first-order valence-electron chi connectivity index (χ1n) is 12.9. The Morgan fingerprint density at radius 3 is 2.70 bits per heavy atom. The highest BCUT2D eigenvalue weighted by atomic mass is 79.9. The number of hydrogen-bond acceptors (Lipinski definition) is 3. The van der Waals surface area contributed by atoms with Gasteiger partial charge in [0.25, 0.3) is 5.91 Å². The van der Waals surface area contributed by atoms with Crippen LogP contribution in [0.3, 0.4) is 0 Å². The number of rotatable bonds is 14. The van der Waals surface area contributed by atoms with Gasteiger partial charge in [0.1, 0.15) is 11.6 Å². The largest absolute Gasteiger partial charge is 0.493 e. The van der Waals surface area contributed by atoms with Gasteiger partial charge in [0.2, 0.25) is 0 Å². The van der Waals surface area contributed by atoms with E-state index in [1.807, 2.05) is 54.6 Å². The Bertz CT molecular complexity index is 1330. The smallest absolute Gasteiger partial charge is 0.251 e. The molecule has 0 saturated heterocycles. The van der Waals surface area contributed by atoms with Crippen LogP contribution in [0.25, 0.3) is 11.0 Å². The van der Waals surface area contributed by atoms with E-state index in [9.17, 15) is 4.79 Å². The first-order valence-corrected chi connectivity index (χ1v) is 13.7. The van der Waals surface area contributed by atoms with Crippen LogP contribution in [0.5, 0.6) is 5.75 Å². The monoisotopic (exact) mass is 559 g/mol. The second-order valence-corrected chi connectivity index (χ2v) is 9.96. The molecule has 0 aliphatic heterocycles. The molecule has 0 fully saturated rings. The lowest BCUT2D eigenvalue weighted by atomic mass is 10.1. The molecule has 4 rings (SSSR count). The zero-order valence-corrected chi connectivity index (χ0v) is 22.8. The highest BCUT2D eigenvalue weighted by Crippen LogP contribution is 2.21. The molecular formula is C31H34BrN3O2. The molecule has 0 aliphatic carbocycles. The van der Waals surface area contributed by atoms with Crippen LogP contribution in [0.1, 0.15) is 47.4 Å². The SMILES string of the molecule is C=CCc1ccccc1OCCCn1c(CCCCCNC(=O)c2cccc(Br)c2)nc2ccccc21. The number of carbonyl (C=O) groups excluding carboxylic acids is 1. The molecule has 5 nitrogen and oxygen atoms in total. The standard InChI is InChI=1S/C31H34BrN3O2/c1-2-12-24-13-5-8-18-29(24)37-22-11-21-35-28-17-7-6-16-27(28)34-30(35)19-4-3-9-20-33-31(36)25-14-10-15-26(32)23-25/h2,5-8,10,13-18,23H,1,3-4,9,11-12,19-22H2,(H,33,36). The van der Waals surface area contributed by atoms with Crippen molar-refractivity contribution in [2.75, 3.05) is 13.2 Å². The van der Waals surface area contributed by atoms with Crippen molar-refractivity contribution >= 4 is 32.9 Å². The third-order valence-corrected chi connectivity index (χ3v) is 6.80. The number of aryl methyl sites for hydroxylation is 2. The maximum absolute atomic E-state index is 12.3. The number of fused-ring (bicyclic) bond motifs is 1. The van der Waals surface area contributed by atoms with Crippen LogP contribution in [0.15, 0.2) is 89.9 Å². The number of amides is 1. The minimum Gasteiger partial charge on any atom is -0.493 e. The summed E-state index contributed by atoms with van der Waals surface area (Å²) in [5.74, 6) is 2.02. The van der Waals surface area contributed by atoms with Crippen molar-refractivity contribution in [2.45, 2.75) is 45.1 Å². The lowest BCUT2D eigenvalue weighted by Crippen LogP contribution is -2.24. The summed E-state index contributed by atoms with van der Waals surface area (Å²) in [7, 11) is 0. The van der Waals surface area contributed by atoms with Crippen LogP contribution in [-0.2, 0) is 19.4 Å². The number of allylic oxidation sites excluding steroid dienone is 1. The van der Waals surface area contributed by atoms with Crippen LogP contribution in [-0.4, -0.2) is 28.6 Å². The third kappa shape index (κ3) is 7.56. The molecule has 192 valence electrons. The van der Waals surface area contributed by atoms with Gasteiger partial charge in [-0.15, -0.1) is 6.58 Å². The summed E-state index contributed by atoms with van der Waals surface area (Å²) in [4.78, 5) is 17.2. The lowest BCUT2D eigenvalue weighted by Gasteiger charge is -2.12. The molecule has 0 bridgehead atoms. The molecule has 0 saturated carbocycles. The molecular weight excluding hydrogens is 526 g/mol. The number of nitrogens with one attached hydrogen (secondary N) is 1. The number of aromatic nitrogens is 2. The zero-order valence-electron chi connectivity index (χ0n) is 21.2. The summed E-state index contributed by atoms with van der Waals surface area (Å²) in [6, 6.07) is 23.9. The predicted octanol–water partition coefficient (Wildman–Crippen LogP) is 7.14. The van der Waals surface area contributed by atoms with E-state index in [4.69, 9.17) is 9.72 Å². The summed E-state index contributed by atoms with van der Waals surface area (Å²) < 4.78 is 9.35. The molecule has 0 spiro atoms. The van der Waals surface area contributed by atoms with Crippen LogP contribution >= 0.6 is 15.9 Å². The molecule has 0 radical (unpaired) electrons. The summed E-state index contributed by atoms with van der Waals surface area (Å²) in [6.45, 7) is 6.03. The van der Waals surface area contributed by atoms with E-state index >= 15 is 0 Å². The molecule has 0 unspecified atom stereocenters. The number of unbranched alkanes of at least 4 members (excludes halogenated alkanes) is 2. The second kappa shape index (κ2) is 13.8. The molecule has 37 heavy (non-hydrogen) atoms. The number of carbonyl (C=O) groups is 1. The fourth-order valence-electron chi connectivity index (χ4n) is 4.46. The Morgan fingerprint density at radius 1 is 1.00 bits per heavy atom. The van der Waals surface area contributed by atoms with E-state index < -0.39 is 0 Å². The van der Waals surface area contributed by atoms with E-state index in [1.165, 1.54) is 11.1 Å². The summed E-state index contributed by atoms with van der Waals surface area (Å²) in [5, 5.41) is 3.02. The van der Waals surface area contributed by atoms with Crippen molar-refractivity contribution in [3.8, 4) is 5.75 Å². The van der Waals surface area contributed by atoms with E-state index in [2.05, 4.69) is 56.7 Å². The van der Waals surface area contributed by atoms with Crippen molar-refractivity contribution in [3.05, 3.63) is 107 Å². The number of imidazole rings is 1. The van der Waals surface area contributed by atoms with E-state index in [-0.39, 0.29) is 5.91 Å². The van der Waals surface area contributed by atoms with Gasteiger partial charge in [0.05, 0.1) is 17.6 Å². The van der Waals surface area contributed by atoms with Gasteiger partial charge in [0.15, 0.2) is 0 Å². The van der Waals surface area contributed by atoms with E-state index in [0.717, 1.165) is 66.6 Å². The van der Waals surface area contributed by atoms with Gasteiger partial charge in [-0.2, -0.15) is 0 Å². The first-order chi connectivity index (χ1) is 18.2. The van der Waals surface area contributed by atoms with Crippen LogP contribution in [0.4, 0.5) is 0 Å². The van der Waals surface area contributed by atoms with Crippen LogP contribution in [0.2, 0.25) is 0 Å². The summed E-state index contributed by atoms with van der Waals surface area (Å²) >= 11 is 3.41. The maximum atomic E-state index is 12.3. The molecule has 4 aromatic rings. The molecule has 1 aromatic heterocycles. The highest BCUT2D eigenvalue weighted by molar-refractivity contribution is 9.10. The molecule has 6 heteroatoms. The summed E-state index contributed by atoms with van der Waals surface area (Å²) in [5.41, 5.74) is 4.05. The number of ether oxygens (including phenoxy) is 1. The van der Waals surface area contributed by atoms with Crippen molar-refractivity contribution < 1.29 is 9.53 Å². The Balaban J connectivity index is 1.26. The quantitative estimate of drug-likeness (QED) is 0.132. The van der Waals surface area contributed by atoms with E-state index in [1.54, 1.807) is 0 Å². The maximum Gasteiger partial charge on any atom is 0.251 e. The molecule has 1 amide bonds. The fourth-order valence-corrected chi connectivity index (χ4v) is 4.86. The average molecular weight is 561 g/mol. The van der Waals surface area contributed by atoms with Crippen LogP contribution < -0.4 is 10.1 Å². The molecule has 1 heterocycles. The fraction of sp³-hybridized carbons (Fsp3) is 0.290. The second-order valence-electron chi connectivity index (χ2n) is 9.05. The molecule has 0 atom stereocenters. The third-order valence-electron chi connectivity index (χ3n) is 6.30. The lowest BCUT2D eigenvalue weighted by molar-refractivity contribution is 0.0953. The predicted molar refractivity (Wildman–Crippen MR) is 154 cm³/mol. The van der Waals surface area contributed by atoms with E-state index in [0.29, 0.717) is 18.7 Å². The minimum absolute atomic E-state index is 0.0302. The highest BCUT2D eigenvalue weighted by Gasteiger charge is 2.11. The Morgan fingerprint density at radius 2 is 1.84 bits per heavy atom. The van der Waals surface area contributed by atoms with Gasteiger partial charge >= 0.3 is 0 Å². The Hall–Kier alpha value is -3.38. The zero-order chi connectivity index (χ0) is 25.9. The van der Waals surface area contributed by atoms with Crippen molar-refractivity contribution in [1.82, 2.24) is 14.9 Å². The number of halogens is 1. The number of para-hydroxylation sites is 3. The van der Waals surface area contributed by atoms with Crippen molar-refractivity contribution in [3.63, 3.8) is 0 Å². The van der Waals surface area contributed by atoms with Crippen molar-refractivity contribution in [2.24, 2.45) is 0 Å². The van der Waals surface area contributed by atoms with Gasteiger partial charge in [0, 0.05) is 29.5 Å². The van der Waals surface area contributed by atoms with Gasteiger partial charge in [-0.05, 0) is 67.6 Å². The molecule has 1 N–H and O–H groups in total. The number of benzene rings is 3.